The van der Waals surface area contributed by atoms with Crippen LogP contribution in [0, 0.1) is 5.82 Å². The number of likely N-dealkylation sites (tertiary alicyclic amines) is 1. The highest BCUT2D eigenvalue weighted by atomic mass is 19.1. The fraction of sp³-hybridized carbons (Fsp3) is 0.462. The molecule has 0 unspecified atom stereocenters. The fourth-order valence-corrected chi connectivity index (χ4v) is 7.41. The molecule has 276 valence electrons. The molecular weight excluding hydrogens is 667 g/mol. The number of fused-ring (bicyclic) bond motifs is 3. The van der Waals surface area contributed by atoms with Gasteiger partial charge in [-0.05, 0) is 73.3 Å². The van der Waals surface area contributed by atoms with Gasteiger partial charge in [-0.25, -0.2) is 4.39 Å². The second-order valence-electron chi connectivity index (χ2n) is 14.1. The Labute approximate surface area is 303 Å². The van der Waals surface area contributed by atoms with Crippen LogP contribution >= 0.6 is 0 Å². The zero-order valence-corrected chi connectivity index (χ0v) is 29.8. The lowest BCUT2D eigenvalue weighted by Gasteiger charge is -2.29. The Morgan fingerprint density at radius 1 is 0.942 bits per heavy atom. The lowest BCUT2D eigenvalue weighted by atomic mass is 10.0. The summed E-state index contributed by atoms with van der Waals surface area (Å²) in [6, 6.07) is 15.5. The standard InChI is InChI=1S/C39H47FN6O6/c1-43-24-37(49)46-23-30(42-35(47)20-26-9-10-27-7-3-4-8-28(27)19-26)22-31(46)25-52-34-13-11-29(40)21-32(34)39(51)44(2)33(12-14-36(43)48)38(50)41-15-18-45-16-5-6-17-45/h3-4,7-11,13,19,21,30-31,33H,5-6,12,14-18,20,22-25H2,1-2H3,(H,41,50)(H,42,47)/t30-,31+,33-/m1/s1. The molecule has 3 aliphatic heterocycles. The first-order valence-corrected chi connectivity index (χ1v) is 18.1. The van der Waals surface area contributed by atoms with E-state index in [1.54, 1.807) is 4.90 Å². The zero-order chi connectivity index (χ0) is 36.8. The number of carbonyl (C=O) groups is 5. The van der Waals surface area contributed by atoms with Gasteiger partial charge in [0, 0.05) is 46.2 Å². The minimum Gasteiger partial charge on any atom is -0.491 e. The molecule has 3 aromatic carbocycles. The third-order valence-electron chi connectivity index (χ3n) is 10.3. The van der Waals surface area contributed by atoms with Crippen molar-refractivity contribution in [3.05, 3.63) is 77.6 Å². The first-order chi connectivity index (χ1) is 25.0. The number of rotatable bonds is 7. The van der Waals surface area contributed by atoms with E-state index in [1.807, 2.05) is 42.5 Å². The third-order valence-corrected chi connectivity index (χ3v) is 10.3. The third kappa shape index (κ3) is 8.87. The fourth-order valence-electron chi connectivity index (χ4n) is 7.41. The van der Waals surface area contributed by atoms with E-state index in [-0.39, 0.29) is 74.0 Å². The molecule has 52 heavy (non-hydrogen) atoms. The summed E-state index contributed by atoms with van der Waals surface area (Å²) in [6.45, 7) is 2.95. The van der Waals surface area contributed by atoms with Crippen molar-refractivity contribution in [1.82, 2.24) is 30.2 Å². The summed E-state index contributed by atoms with van der Waals surface area (Å²) in [5, 5.41) is 8.10. The van der Waals surface area contributed by atoms with Crippen molar-refractivity contribution < 1.29 is 33.1 Å². The highest BCUT2D eigenvalue weighted by Crippen LogP contribution is 2.26. The summed E-state index contributed by atoms with van der Waals surface area (Å²) in [5.74, 6) is -2.48. The van der Waals surface area contributed by atoms with Crippen LogP contribution in [0.3, 0.4) is 0 Å². The zero-order valence-electron chi connectivity index (χ0n) is 29.8. The molecule has 0 aliphatic carbocycles. The molecule has 13 heteroatoms. The maximum Gasteiger partial charge on any atom is 0.258 e. The Kier molecular flexibility index (Phi) is 11.7. The van der Waals surface area contributed by atoms with Crippen molar-refractivity contribution >= 4 is 40.3 Å². The Bertz CT molecular complexity index is 1810. The summed E-state index contributed by atoms with van der Waals surface area (Å²) in [6.07, 6.45) is 2.67. The normalized spacial score (nSPS) is 22.0. The minimum atomic E-state index is -1.03. The van der Waals surface area contributed by atoms with E-state index < -0.39 is 29.7 Å². The van der Waals surface area contributed by atoms with Crippen LogP contribution < -0.4 is 15.4 Å². The van der Waals surface area contributed by atoms with Crippen molar-refractivity contribution in [3.63, 3.8) is 0 Å². The SMILES string of the molecule is CN1CC(=O)N2C[C@H](NC(=O)Cc3ccc4ccccc4c3)C[C@H]2COc2ccc(F)cc2C(=O)N(C)[C@@H](C(=O)NCCN2CCCC2)CCC1=O. The van der Waals surface area contributed by atoms with Gasteiger partial charge in [0.25, 0.3) is 5.91 Å². The van der Waals surface area contributed by atoms with Crippen LogP contribution in [0.15, 0.2) is 60.7 Å². The number of benzene rings is 3. The molecule has 3 aromatic rings. The highest BCUT2D eigenvalue weighted by molar-refractivity contribution is 5.99. The first-order valence-electron chi connectivity index (χ1n) is 18.1. The number of amides is 5. The smallest absolute Gasteiger partial charge is 0.258 e. The van der Waals surface area contributed by atoms with Gasteiger partial charge in [-0.15, -0.1) is 0 Å². The maximum absolute atomic E-state index is 14.6. The largest absolute Gasteiger partial charge is 0.491 e. The molecule has 0 saturated carbocycles. The molecule has 2 fully saturated rings. The number of carbonyl (C=O) groups excluding carboxylic acids is 5. The number of hydrogen-bond acceptors (Lipinski definition) is 7. The number of likely N-dealkylation sites (N-methyl/N-ethyl adjacent to an activating group) is 2. The summed E-state index contributed by atoms with van der Waals surface area (Å²) in [5.41, 5.74) is 0.788. The number of hydrogen-bond donors (Lipinski definition) is 2. The average molecular weight is 715 g/mol. The Balaban J connectivity index is 1.18. The van der Waals surface area contributed by atoms with Crippen LogP contribution in [0.2, 0.25) is 0 Å². The van der Waals surface area contributed by atoms with E-state index in [0.717, 1.165) is 48.3 Å². The number of nitrogens with zero attached hydrogens (tertiary/aromatic N) is 4. The predicted octanol–water partition coefficient (Wildman–Crippen LogP) is 2.59. The van der Waals surface area contributed by atoms with Crippen LogP contribution in [-0.2, 0) is 25.6 Å². The molecule has 3 aliphatic rings. The summed E-state index contributed by atoms with van der Waals surface area (Å²) in [7, 11) is 2.99. The summed E-state index contributed by atoms with van der Waals surface area (Å²) >= 11 is 0. The molecule has 3 heterocycles. The lowest BCUT2D eigenvalue weighted by Crippen LogP contribution is -2.49. The van der Waals surface area contributed by atoms with Crippen molar-refractivity contribution in [3.8, 4) is 5.75 Å². The van der Waals surface area contributed by atoms with Crippen LogP contribution in [0.1, 0.15) is 48.0 Å². The van der Waals surface area contributed by atoms with Gasteiger partial charge in [0.05, 0.1) is 24.6 Å². The molecule has 0 spiro atoms. The predicted molar refractivity (Wildman–Crippen MR) is 193 cm³/mol. The van der Waals surface area contributed by atoms with Crippen LogP contribution in [0.5, 0.6) is 5.75 Å². The molecule has 6 rings (SSSR count). The van der Waals surface area contributed by atoms with Crippen molar-refractivity contribution in [2.24, 2.45) is 0 Å². The van der Waals surface area contributed by atoms with Crippen molar-refractivity contribution in [1.29, 1.82) is 0 Å². The topological polar surface area (TPSA) is 132 Å². The highest BCUT2D eigenvalue weighted by Gasteiger charge is 2.38. The van der Waals surface area contributed by atoms with Gasteiger partial charge in [0.15, 0.2) is 0 Å². The lowest BCUT2D eigenvalue weighted by molar-refractivity contribution is -0.140. The molecule has 0 radical (unpaired) electrons. The van der Waals surface area contributed by atoms with Gasteiger partial charge in [-0.3, -0.25) is 24.0 Å². The van der Waals surface area contributed by atoms with Crippen molar-refractivity contribution in [2.75, 3.05) is 60.0 Å². The van der Waals surface area contributed by atoms with Gasteiger partial charge in [0.2, 0.25) is 23.6 Å². The Morgan fingerprint density at radius 2 is 1.71 bits per heavy atom. The molecule has 12 nitrogen and oxygen atoms in total. The van der Waals surface area contributed by atoms with Gasteiger partial charge >= 0.3 is 0 Å². The number of ether oxygens (including phenoxy) is 1. The number of halogens is 1. The summed E-state index contributed by atoms with van der Waals surface area (Å²) in [4.78, 5) is 74.0. The molecule has 2 saturated heterocycles. The van der Waals surface area contributed by atoms with Gasteiger partial charge in [0.1, 0.15) is 24.2 Å². The van der Waals surface area contributed by atoms with Crippen LogP contribution in [0.25, 0.3) is 10.8 Å². The molecule has 5 amide bonds. The molecule has 0 bridgehead atoms. The number of nitrogens with one attached hydrogen (secondary N) is 2. The maximum atomic E-state index is 14.6. The Hall–Kier alpha value is -5.04. The van der Waals surface area contributed by atoms with Gasteiger partial charge < -0.3 is 35.0 Å². The van der Waals surface area contributed by atoms with Gasteiger partial charge in [-0.1, -0.05) is 42.5 Å². The molecular formula is C39H47FN6O6. The summed E-state index contributed by atoms with van der Waals surface area (Å²) < 4.78 is 20.8. The molecule has 2 N–H and O–H groups in total. The van der Waals surface area contributed by atoms with E-state index >= 15 is 0 Å². The van der Waals surface area contributed by atoms with E-state index in [0.29, 0.717) is 19.5 Å². The van der Waals surface area contributed by atoms with E-state index in [1.165, 1.54) is 36.0 Å². The van der Waals surface area contributed by atoms with Gasteiger partial charge in [-0.2, -0.15) is 0 Å². The van der Waals surface area contributed by atoms with E-state index in [4.69, 9.17) is 4.74 Å². The van der Waals surface area contributed by atoms with E-state index in [2.05, 4.69) is 15.5 Å². The second-order valence-corrected chi connectivity index (χ2v) is 14.1. The molecule has 3 atom stereocenters. The second kappa shape index (κ2) is 16.5. The van der Waals surface area contributed by atoms with Crippen LogP contribution in [-0.4, -0.2) is 127 Å². The van der Waals surface area contributed by atoms with Crippen LogP contribution in [0.4, 0.5) is 4.39 Å². The Morgan fingerprint density at radius 3 is 2.50 bits per heavy atom. The average Bonchev–Trinajstić information content (AvgIpc) is 3.80. The first kappa shape index (κ1) is 36.7. The molecule has 0 aromatic heterocycles. The van der Waals surface area contributed by atoms with Crippen molar-refractivity contribution in [2.45, 2.75) is 56.7 Å². The monoisotopic (exact) mass is 714 g/mol. The van der Waals surface area contributed by atoms with E-state index in [9.17, 15) is 28.4 Å². The minimum absolute atomic E-state index is 0.00168. The quantitative estimate of drug-likeness (QED) is 0.385.